The highest BCUT2D eigenvalue weighted by molar-refractivity contribution is 7.89. The summed E-state index contributed by atoms with van der Waals surface area (Å²) in [5, 5.41) is 4.45. The average molecular weight is 187 g/mol. The van der Waals surface area contributed by atoms with E-state index >= 15 is 0 Å². The molecule has 0 heterocycles. The van der Waals surface area contributed by atoms with Crippen LogP contribution < -0.4 is 10.9 Å². The van der Waals surface area contributed by atoms with Crippen LogP contribution in [0.5, 0.6) is 0 Å². The summed E-state index contributed by atoms with van der Waals surface area (Å²) in [4.78, 5) is 0. The summed E-state index contributed by atoms with van der Waals surface area (Å²) in [5.74, 6) is 0. The molecule has 1 aliphatic carbocycles. The van der Waals surface area contributed by atoms with E-state index in [9.17, 15) is 8.42 Å². The Morgan fingerprint density at radius 3 is 1.80 bits per heavy atom. The van der Waals surface area contributed by atoms with Crippen molar-refractivity contribution in [3.05, 3.63) is 0 Å². The first-order chi connectivity index (χ1) is 4.00. The predicted octanol–water partition coefficient (Wildman–Crippen LogP) is -0.814. The third kappa shape index (κ3) is 2.09. The highest BCUT2D eigenvalue weighted by Gasteiger charge is 2.34. The zero-order chi connectivity index (χ0) is 7.07. The predicted molar refractivity (Wildman–Crippen MR) is 41.4 cm³/mol. The summed E-state index contributed by atoms with van der Waals surface area (Å²) in [6.45, 7) is 0. The molecule has 4 N–H and O–H groups in total. The van der Waals surface area contributed by atoms with Crippen LogP contribution in [0.15, 0.2) is 0 Å². The first-order valence-corrected chi connectivity index (χ1v) is 4.38. The summed E-state index contributed by atoms with van der Waals surface area (Å²) in [5.41, 5.74) is 5.35. The van der Waals surface area contributed by atoms with Crippen LogP contribution >= 0.6 is 12.4 Å². The fourth-order valence-corrected chi connectivity index (χ4v) is 1.91. The second-order valence-electron chi connectivity index (χ2n) is 2.44. The zero-order valence-electron chi connectivity index (χ0n) is 5.36. The van der Waals surface area contributed by atoms with Gasteiger partial charge in [-0.3, -0.25) is 0 Å². The van der Waals surface area contributed by atoms with Crippen molar-refractivity contribution in [2.75, 3.05) is 0 Å². The van der Waals surface area contributed by atoms with E-state index in [1.54, 1.807) is 0 Å². The van der Waals surface area contributed by atoms with Crippen LogP contribution in [0.3, 0.4) is 0 Å². The Hall–Kier alpha value is 0.160. The molecule has 10 heavy (non-hydrogen) atoms. The highest BCUT2D eigenvalue weighted by Crippen LogP contribution is 2.22. The molecule has 0 amide bonds. The van der Waals surface area contributed by atoms with Crippen LogP contribution in [0.1, 0.15) is 12.8 Å². The van der Waals surface area contributed by atoms with Gasteiger partial charge < -0.3 is 5.73 Å². The lowest BCUT2D eigenvalue weighted by Gasteiger charge is -2.29. The van der Waals surface area contributed by atoms with Gasteiger partial charge in [-0.2, -0.15) is 0 Å². The lowest BCUT2D eigenvalue weighted by Crippen LogP contribution is -2.47. The van der Waals surface area contributed by atoms with Crippen molar-refractivity contribution in [3.63, 3.8) is 0 Å². The van der Waals surface area contributed by atoms with E-state index < -0.39 is 10.0 Å². The smallest absolute Gasteiger partial charge is 0.212 e. The van der Waals surface area contributed by atoms with Gasteiger partial charge in [0.05, 0.1) is 5.25 Å². The van der Waals surface area contributed by atoms with E-state index in [0.29, 0.717) is 12.8 Å². The number of rotatable bonds is 1. The Labute approximate surface area is 66.4 Å². The average Bonchev–Trinajstić information content (AvgIpc) is 1.55. The minimum Gasteiger partial charge on any atom is -0.328 e. The molecule has 0 atom stereocenters. The van der Waals surface area contributed by atoms with Crippen molar-refractivity contribution in [2.24, 2.45) is 10.9 Å². The quantitative estimate of drug-likeness (QED) is 0.562. The Kier molecular flexibility index (Phi) is 3.09. The second-order valence-corrected chi connectivity index (χ2v) is 4.29. The summed E-state index contributed by atoms with van der Waals surface area (Å²) in [6, 6.07) is 0.0494. The SMILES string of the molecule is Cl.NS(=O)(=O)[C@H]1C[C@@H](N)C1. The van der Waals surface area contributed by atoms with Crippen molar-refractivity contribution in [1.82, 2.24) is 0 Å². The maximum atomic E-state index is 10.5. The molecule has 0 bridgehead atoms. The van der Waals surface area contributed by atoms with E-state index in [1.807, 2.05) is 0 Å². The van der Waals surface area contributed by atoms with Gasteiger partial charge in [-0.05, 0) is 12.8 Å². The molecule has 0 unspecified atom stereocenters. The lowest BCUT2D eigenvalue weighted by atomic mass is 9.94. The van der Waals surface area contributed by atoms with Gasteiger partial charge in [0.25, 0.3) is 0 Å². The van der Waals surface area contributed by atoms with Crippen LogP contribution in [0.25, 0.3) is 0 Å². The molecule has 0 radical (unpaired) electrons. The number of halogens is 1. The first kappa shape index (κ1) is 10.2. The van der Waals surface area contributed by atoms with Crippen molar-refractivity contribution in [2.45, 2.75) is 24.1 Å². The van der Waals surface area contributed by atoms with Gasteiger partial charge in [0, 0.05) is 6.04 Å². The van der Waals surface area contributed by atoms with Crippen LogP contribution in [0, 0.1) is 0 Å². The molecule has 1 rings (SSSR count). The lowest BCUT2D eigenvalue weighted by molar-refractivity contribution is 0.409. The zero-order valence-corrected chi connectivity index (χ0v) is 6.99. The standard InChI is InChI=1S/C4H10N2O2S.ClH/c5-3-1-4(2-3)9(6,7)8;/h3-4H,1-2,5H2,(H2,6,7,8);1H/t3-,4+;. The maximum Gasteiger partial charge on any atom is 0.212 e. The van der Waals surface area contributed by atoms with Crippen molar-refractivity contribution in [1.29, 1.82) is 0 Å². The van der Waals surface area contributed by atoms with E-state index in [2.05, 4.69) is 0 Å². The molecular weight excluding hydrogens is 176 g/mol. The Morgan fingerprint density at radius 2 is 1.70 bits per heavy atom. The minimum absolute atomic E-state index is 0. The van der Waals surface area contributed by atoms with Crippen molar-refractivity contribution < 1.29 is 8.42 Å². The number of primary sulfonamides is 1. The molecule has 0 spiro atoms. The number of hydrogen-bond donors (Lipinski definition) is 2. The van der Waals surface area contributed by atoms with Gasteiger partial charge in [0.15, 0.2) is 0 Å². The van der Waals surface area contributed by atoms with E-state index in [1.165, 1.54) is 0 Å². The molecule has 1 saturated carbocycles. The Morgan fingerprint density at radius 1 is 1.30 bits per heavy atom. The number of sulfonamides is 1. The van der Waals surface area contributed by atoms with E-state index in [4.69, 9.17) is 10.9 Å². The summed E-state index contributed by atoms with van der Waals surface area (Å²) in [6.07, 6.45) is 1.05. The van der Waals surface area contributed by atoms with Gasteiger partial charge in [-0.15, -0.1) is 12.4 Å². The fourth-order valence-electron chi connectivity index (χ4n) is 0.875. The summed E-state index contributed by atoms with van der Waals surface area (Å²) >= 11 is 0. The van der Waals surface area contributed by atoms with Crippen LogP contribution in [0.2, 0.25) is 0 Å². The van der Waals surface area contributed by atoms with Gasteiger partial charge in [0.2, 0.25) is 10.0 Å². The molecule has 0 saturated heterocycles. The molecule has 0 aromatic heterocycles. The maximum absolute atomic E-state index is 10.5. The minimum atomic E-state index is -3.28. The molecule has 0 aromatic carbocycles. The van der Waals surface area contributed by atoms with Gasteiger partial charge in [0.1, 0.15) is 0 Å². The third-order valence-corrected chi connectivity index (χ3v) is 2.91. The largest absolute Gasteiger partial charge is 0.328 e. The second kappa shape index (κ2) is 3.04. The van der Waals surface area contributed by atoms with Gasteiger partial charge >= 0.3 is 0 Å². The fraction of sp³-hybridized carbons (Fsp3) is 1.00. The molecule has 6 heteroatoms. The molecule has 0 aliphatic heterocycles. The monoisotopic (exact) mass is 186 g/mol. The van der Waals surface area contributed by atoms with Crippen molar-refractivity contribution >= 4 is 22.4 Å². The molecular formula is C4H11ClN2O2S. The van der Waals surface area contributed by atoms with E-state index in [0.717, 1.165) is 0 Å². The molecule has 0 aromatic rings. The molecule has 1 fully saturated rings. The molecule has 4 nitrogen and oxygen atoms in total. The first-order valence-electron chi connectivity index (χ1n) is 2.77. The van der Waals surface area contributed by atoms with E-state index in [-0.39, 0.29) is 23.7 Å². The Balaban J connectivity index is 0.000000810. The normalized spacial score (nSPS) is 32.2. The third-order valence-electron chi connectivity index (χ3n) is 1.60. The van der Waals surface area contributed by atoms with Crippen LogP contribution in [-0.4, -0.2) is 19.7 Å². The van der Waals surface area contributed by atoms with Crippen molar-refractivity contribution in [3.8, 4) is 0 Å². The molecule has 1 aliphatic rings. The summed E-state index contributed by atoms with van der Waals surface area (Å²) < 4.78 is 21.0. The number of hydrogen-bond acceptors (Lipinski definition) is 3. The Bertz CT molecular complexity index is 197. The van der Waals surface area contributed by atoms with Crippen LogP contribution in [-0.2, 0) is 10.0 Å². The van der Waals surface area contributed by atoms with Gasteiger partial charge in [-0.1, -0.05) is 0 Å². The van der Waals surface area contributed by atoms with Gasteiger partial charge in [-0.25, -0.2) is 13.6 Å². The molecule has 62 valence electrons. The summed E-state index contributed by atoms with van der Waals surface area (Å²) in [7, 11) is -3.28. The van der Waals surface area contributed by atoms with Crippen LogP contribution in [0.4, 0.5) is 0 Å². The topological polar surface area (TPSA) is 86.2 Å². The number of nitrogens with two attached hydrogens (primary N) is 2. The highest BCUT2D eigenvalue weighted by atomic mass is 35.5.